The zero-order valence-electron chi connectivity index (χ0n) is 8.99. The minimum atomic E-state index is -0.921. The lowest BCUT2D eigenvalue weighted by Crippen LogP contribution is -2.25. The first-order valence-electron chi connectivity index (χ1n) is 4.87. The summed E-state index contributed by atoms with van der Waals surface area (Å²) in [6.45, 7) is 0.196. The summed E-state index contributed by atoms with van der Waals surface area (Å²) in [4.78, 5) is 21.9. The highest BCUT2D eigenvalue weighted by Gasteiger charge is 2.08. The summed E-state index contributed by atoms with van der Waals surface area (Å²) in [6.07, 6.45) is -0.101. The molecular weight excluding hydrogens is 208 g/mol. The van der Waals surface area contributed by atoms with E-state index in [1.165, 1.54) is 0 Å². The van der Waals surface area contributed by atoms with E-state index in [2.05, 4.69) is 10.6 Å². The maximum Gasteiger partial charge on any atom is 0.307 e. The Bertz CT molecular complexity index is 391. The SMILES string of the molecule is CNCC(=O)Nc1ccccc1CC(=O)O. The monoisotopic (exact) mass is 222 g/mol. The highest BCUT2D eigenvalue weighted by Crippen LogP contribution is 2.15. The van der Waals surface area contributed by atoms with Crippen molar-refractivity contribution in [3.05, 3.63) is 29.8 Å². The van der Waals surface area contributed by atoms with Crippen LogP contribution in [-0.2, 0) is 16.0 Å². The molecule has 1 aromatic rings. The van der Waals surface area contributed by atoms with E-state index in [1.54, 1.807) is 31.3 Å². The summed E-state index contributed by atoms with van der Waals surface area (Å²) < 4.78 is 0. The number of rotatable bonds is 5. The minimum Gasteiger partial charge on any atom is -0.481 e. The molecule has 0 spiro atoms. The fourth-order valence-corrected chi connectivity index (χ4v) is 1.31. The average molecular weight is 222 g/mol. The molecule has 5 nitrogen and oxygen atoms in total. The summed E-state index contributed by atoms with van der Waals surface area (Å²) in [5.41, 5.74) is 1.14. The Morgan fingerprint density at radius 1 is 1.31 bits per heavy atom. The number of nitrogens with one attached hydrogen (secondary N) is 2. The van der Waals surface area contributed by atoms with Crippen LogP contribution in [0.5, 0.6) is 0 Å². The topological polar surface area (TPSA) is 78.4 Å². The number of hydrogen-bond donors (Lipinski definition) is 3. The van der Waals surface area contributed by atoms with Gasteiger partial charge in [0.2, 0.25) is 5.91 Å². The summed E-state index contributed by atoms with van der Waals surface area (Å²) in [7, 11) is 1.67. The first-order chi connectivity index (χ1) is 7.63. The molecule has 3 N–H and O–H groups in total. The lowest BCUT2D eigenvalue weighted by atomic mass is 10.1. The van der Waals surface area contributed by atoms with Crippen molar-refractivity contribution < 1.29 is 14.7 Å². The van der Waals surface area contributed by atoms with Gasteiger partial charge in [0.05, 0.1) is 13.0 Å². The van der Waals surface area contributed by atoms with Crippen LogP contribution in [0.1, 0.15) is 5.56 Å². The Morgan fingerprint density at radius 2 is 2.00 bits per heavy atom. The lowest BCUT2D eigenvalue weighted by molar-refractivity contribution is -0.136. The van der Waals surface area contributed by atoms with Crippen molar-refractivity contribution in [1.29, 1.82) is 0 Å². The van der Waals surface area contributed by atoms with Crippen LogP contribution in [0.4, 0.5) is 5.69 Å². The molecule has 5 heteroatoms. The number of likely N-dealkylation sites (N-methyl/N-ethyl adjacent to an activating group) is 1. The van der Waals surface area contributed by atoms with Crippen LogP contribution >= 0.6 is 0 Å². The predicted molar refractivity (Wildman–Crippen MR) is 60.3 cm³/mol. The smallest absolute Gasteiger partial charge is 0.307 e. The van der Waals surface area contributed by atoms with Gasteiger partial charge in [-0.3, -0.25) is 9.59 Å². The first kappa shape index (κ1) is 12.2. The Balaban J connectivity index is 2.78. The third-order valence-corrected chi connectivity index (χ3v) is 1.97. The molecule has 1 rings (SSSR count). The van der Waals surface area contributed by atoms with Crippen molar-refractivity contribution in [3.63, 3.8) is 0 Å². The Kier molecular flexibility index (Phi) is 4.47. The molecule has 1 amide bonds. The van der Waals surface area contributed by atoms with E-state index >= 15 is 0 Å². The van der Waals surface area contributed by atoms with Crippen LogP contribution in [0, 0.1) is 0 Å². The van der Waals surface area contributed by atoms with Crippen molar-refractivity contribution in [2.45, 2.75) is 6.42 Å². The van der Waals surface area contributed by atoms with Gasteiger partial charge in [-0.25, -0.2) is 0 Å². The minimum absolute atomic E-state index is 0.101. The molecule has 0 aliphatic carbocycles. The highest BCUT2D eigenvalue weighted by atomic mass is 16.4. The third-order valence-electron chi connectivity index (χ3n) is 1.97. The number of carbonyl (C=O) groups excluding carboxylic acids is 1. The Hall–Kier alpha value is -1.88. The van der Waals surface area contributed by atoms with E-state index in [9.17, 15) is 9.59 Å². The number of anilines is 1. The lowest BCUT2D eigenvalue weighted by Gasteiger charge is -2.09. The Labute approximate surface area is 93.5 Å². The predicted octanol–water partition coefficient (Wildman–Crippen LogP) is 0.472. The summed E-state index contributed by atoms with van der Waals surface area (Å²) in [5.74, 6) is -1.12. The van der Waals surface area contributed by atoms with Gasteiger partial charge in [0.15, 0.2) is 0 Å². The molecule has 0 bridgehead atoms. The number of benzene rings is 1. The molecule has 0 atom stereocenters. The van der Waals surface area contributed by atoms with Gasteiger partial charge in [-0.05, 0) is 18.7 Å². The molecule has 0 saturated heterocycles. The zero-order chi connectivity index (χ0) is 12.0. The summed E-state index contributed by atoms with van der Waals surface area (Å²) >= 11 is 0. The second kappa shape index (κ2) is 5.87. The number of carboxylic acid groups (broad SMARTS) is 1. The van der Waals surface area contributed by atoms with Crippen LogP contribution in [-0.4, -0.2) is 30.6 Å². The molecule has 16 heavy (non-hydrogen) atoms. The van der Waals surface area contributed by atoms with Gasteiger partial charge in [0, 0.05) is 5.69 Å². The molecule has 0 saturated carbocycles. The van der Waals surface area contributed by atoms with Crippen LogP contribution < -0.4 is 10.6 Å². The van der Waals surface area contributed by atoms with Gasteiger partial charge in [-0.2, -0.15) is 0 Å². The molecule has 0 unspecified atom stereocenters. The first-order valence-corrected chi connectivity index (χ1v) is 4.87. The largest absolute Gasteiger partial charge is 0.481 e. The van der Waals surface area contributed by atoms with Crippen LogP contribution in [0.25, 0.3) is 0 Å². The number of hydrogen-bond acceptors (Lipinski definition) is 3. The molecule has 1 aromatic carbocycles. The summed E-state index contributed by atoms with van der Waals surface area (Å²) in [6, 6.07) is 6.86. The fraction of sp³-hybridized carbons (Fsp3) is 0.273. The maximum absolute atomic E-state index is 11.3. The van der Waals surface area contributed by atoms with Gasteiger partial charge in [0.25, 0.3) is 0 Å². The molecular formula is C11H14N2O3. The second-order valence-corrected chi connectivity index (χ2v) is 3.31. The van der Waals surface area contributed by atoms with Gasteiger partial charge in [0.1, 0.15) is 0 Å². The van der Waals surface area contributed by atoms with E-state index in [4.69, 9.17) is 5.11 Å². The second-order valence-electron chi connectivity index (χ2n) is 3.31. The number of para-hydroxylation sites is 1. The standard InChI is InChI=1S/C11H14N2O3/c1-12-7-10(14)13-9-5-3-2-4-8(9)6-11(15)16/h2-5,12H,6-7H2,1H3,(H,13,14)(H,15,16). The molecule has 0 fully saturated rings. The highest BCUT2D eigenvalue weighted by molar-refractivity contribution is 5.93. The number of aliphatic carboxylic acids is 1. The molecule has 0 aliphatic heterocycles. The van der Waals surface area contributed by atoms with Gasteiger partial charge < -0.3 is 15.7 Å². The molecule has 0 radical (unpaired) electrons. The van der Waals surface area contributed by atoms with E-state index in [0.29, 0.717) is 11.3 Å². The number of amides is 1. The van der Waals surface area contributed by atoms with Gasteiger partial charge in [-0.1, -0.05) is 18.2 Å². The maximum atomic E-state index is 11.3. The summed E-state index contributed by atoms with van der Waals surface area (Å²) in [5, 5.41) is 14.1. The Morgan fingerprint density at radius 3 is 2.62 bits per heavy atom. The van der Waals surface area contributed by atoms with Gasteiger partial charge >= 0.3 is 5.97 Å². The third kappa shape index (κ3) is 3.70. The number of carbonyl (C=O) groups is 2. The number of carboxylic acids is 1. The van der Waals surface area contributed by atoms with Crippen molar-refractivity contribution in [2.24, 2.45) is 0 Å². The van der Waals surface area contributed by atoms with E-state index in [-0.39, 0.29) is 18.9 Å². The van der Waals surface area contributed by atoms with Gasteiger partial charge in [-0.15, -0.1) is 0 Å². The normalized spacial score (nSPS) is 9.81. The van der Waals surface area contributed by atoms with Crippen LogP contribution in [0.15, 0.2) is 24.3 Å². The molecule has 86 valence electrons. The zero-order valence-corrected chi connectivity index (χ0v) is 8.99. The van der Waals surface area contributed by atoms with Crippen molar-refractivity contribution in [2.75, 3.05) is 18.9 Å². The van der Waals surface area contributed by atoms with Crippen LogP contribution in [0.2, 0.25) is 0 Å². The van der Waals surface area contributed by atoms with Crippen molar-refractivity contribution in [3.8, 4) is 0 Å². The van der Waals surface area contributed by atoms with Crippen molar-refractivity contribution >= 4 is 17.6 Å². The average Bonchev–Trinajstić information content (AvgIpc) is 2.20. The quantitative estimate of drug-likeness (QED) is 0.676. The molecule has 0 aromatic heterocycles. The van der Waals surface area contributed by atoms with E-state index < -0.39 is 5.97 Å². The molecule has 0 aliphatic rings. The molecule has 0 heterocycles. The van der Waals surface area contributed by atoms with Crippen LogP contribution in [0.3, 0.4) is 0 Å². The van der Waals surface area contributed by atoms with E-state index in [1.807, 2.05) is 0 Å². The van der Waals surface area contributed by atoms with E-state index in [0.717, 1.165) is 0 Å². The van der Waals surface area contributed by atoms with Crippen molar-refractivity contribution in [1.82, 2.24) is 5.32 Å². The fourth-order valence-electron chi connectivity index (χ4n) is 1.31.